The van der Waals surface area contributed by atoms with Gasteiger partial charge in [-0.3, -0.25) is 4.79 Å². The van der Waals surface area contributed by atoms with Crippen LogP contribution in [-0.4, -0.2) is 25.3 Å². The minimum absolute atomic E-state index is 0.277. The van der Waals surface area contributed by atoms with E-state index in [-0.39, 0.29) is 5.91 Å². The van der Waals surface area contributed by atoms with E-state index in [2.05, 4.69) is 26.5 Å². The second-order valence-corrected chi connectivity index (χ2v) is 5.44. The van der Waals surface area contributed by atoms with Crippen LogP contribution in [0.2, 0.25) is 0 Å². The summed E-state index contributed by atoms with van der Waals surface area (Å²) in [5.41, 5.74) is 3.84. The lowest BCUT2D eigenvalue weighted by molar-refractivity contribution is 0.0954. The largest absolute Gasteiger partial charge is 0.486 e. The fourth-order valence-electron chi connectivity index (χ4n) is 2.01. The first kappa shape index (κ1) is 14.6. The summed E-state index contributed by atoms with van der Waals surface area (Å²) in [4.78, 5) is 12.0. The first-order chi connectivity index (χ1) is 10.7. The average molecular weight is 361 g/mol. The Morgan fingerprint density at radius 2 is 1.91 bits per heavy atom. The molecule has 0 bridgehead atoms. The number of hydrazone groups is 1. The maximum Gasteiger partial charge on any atom is 0.272 e. The van der Waals surface area contributed by atoms with Crippen molar-refractivity contribution >= 4 is 28.1 Å². The van der Waals surface area contributed by atoms with Crippen LogP contribution in [0.1, 0.15) is 15.9 Å². The molecule has 112 valence electrons. The van der Waals surface area contributed by atoms with Crippen molar-refractivity contribution in [2.75, 3.05) is 13.2 Å². The number of amides is 1. The predicted molar refractivity (Wildman–Crippen MR) is 86.6 cm³/mol. The molecule has 1 aliphatic heterocycles. The molecule has 1 heterocycles. The molecule has 6 heteroatoms. The number of rotatable bonds is 3. The van der Waals surface area contributed by atoms with Gasteiger partial charge in [-0.15, -0.1) is 0 Å². The standard InChI is InChI=1S/C16H13BrN2O3/c17-13-4-2-1-3-12(13)16(20)19-18-10-11-5-6-14-15(9-11)22-8-7-21-14/h1-6,9-10H,7-8H2,(H,19,20)/b18-10+. The smallest absolute Gasteiger partial charge is 0.272 e. The lowest BCUT2D eigenvalue weighted by Crippen LogP contribution is -2.18. The molecule has 0 spiro atoms. The molecule has 5 nitrogen and oxygen atoms in total. The zero-order valence-corrected chi connectivity index (χ0v) is 13.2. The molecule has 0 aliphatic carbocycles. The van der Waals surface area contributed by atoms with Crippen LogP contribution in [-0.2, 0) is 0 Å². The predicted octanol–water partition coefficient (Wildman–Crippen LogP) is 2.98. The molecule has 2 aromatic rings. The molecule has 1 N–H and O–H groups in total. The highest BCUT2D eigenvalue weighted by atomic mass is 79.9. The average Bonchev–Trinajstić information content (AvgIpc) is 2.55. The van der Waals surface area contributed by atoms with E-state index in [4.69, 9.17) is 9.47 Å². The number of ether oxygens (including phenoxy) is 2. The number of benzene rings is 2. The Bertz CT molecular complexity index is 731. The van der Waals surface area contributed by atoms with Crippen LogP contribution >= 0.6 is 15.9 Å². The molecule has 0 saturated heterocycles. The normalized spacial score (nSPS) is 13.1. The van der Waals surface area contributed by atoms with E-state index >= 15 is 0 Å². The first-order valence-corrected chi connectivity index (χ1v) is 7.51. The maximum atomic E-state index is 12.0. The number of nitrogens with one attached hydrogen (secondary N) is 1. The summed E-state index contributed by atoms with van der Waals surface area (Å²) in [6, 6.07) is 12.7. The Morgan fingerprint density at radius 1 is 1.14 bits per heavy atom. The van der Waals surface area contributed by atoms with E-state index in [9.17, 15) is 4.79 Å². The monoisotopic (exact) mass is 360 g/mol. The van der Waals surface area contributed by atoms with Crippen molar-refractivity contribution in [2.45, 2.75) is 0 Å². The van der Waals surface area contributed by atoms with Gasteiger partial charge in [-0.05, 0) is 51.8 Å². The fraction of sp³-hybridized carbons (Fsp3) is 0.125. The van der Waals surface area contributed by atoms with Gasteiger partial charge in [0.1, 0.15) is 13.2 Å². The third-order valence-corrected chi connectivity index (χ3v) is 3.76. The van der Waals surface area contributed by atoms with Gasteiger partial charge in [0, 0.05) is 4.47 Å². The van der Waals surface area contributed by atoms with E-state index < -0.39 is 0 Å². The summed E-state index contributed by atoms with van der Waals surface area (Å²) in [6.07, 6.45) is 1.56. The van der Waals surface area contributed by atoms with Gasteiger partial charge < -0.3 is 9.47 Å². The second-order valence-electron chi connectivity index (χ2n) is 4.58. The van der Waals surface area contributed by atoms with Crippen LogP contribution in [0, 0.1) is 0 Å². The molecule has 0 fully saturated rings. The summed E-state index contributed by atoms with van der Waals surface area (Å²) < 4.78 is 11.7. The van der Waals surface area contributed by atoms with Crippen molar-refractivity contribution in [3.63, 3.8) is 0 Å². The highest BCUT2D eigenvalue weighted by Crippen LogP contribution is 2.30. The van der Waals surface area contributed by atoms with E-state index in [1.165, 1.54) is 0 Å². The molecule has 1 amide bonds. The Balaban J connectivity index is 1.67. The van der Waals surface area contributed by atoms with Crippen molar-refractivity contribution in [3.8, 4) is 11.5 Å². The van der Waals surface area contributed by atoms with Gasteiger partial charge >= 0.3 is 0 Å². The van der Waals surface area contributed by atoms with Gasteiger partial charge in [0.2, 0.25) is 0 Å². The molecule has 0 radical (unpaired) electrons. The maximum absolute atomic E-state index is 12.0. The summed E-state index contributed by atoms with van der Waals surface area (Å²) in [5.74, 6) is 1.13. The minimum Gasteiger partial charge on any atom is -0.486 e. The summed E-state index contributed by atoms with van der Waals surface area (Å²) in [5, 5.41) is 3.97. The van der Waals surface area contributed by atoms with Gasteiger partial charge in [-0.25, -0.2) is 5.43 Å². The molecule has 22 heavy (non-hydrogen) atoms. The van der Waals surface area contributed by atoms with Crippen LogP contribution in [0.15, 0.2) is 52.0 Å². The fourth-order valence-corrected chi connectivity index (χ4v) is 2.48. The highest BCUT2D eigenvalue weighted by Gasteiger charge is 2.11. The van der Waals surface area contributed by atoms with Crippen molar-refractivity contribution in [1.29, 1.82) is 0 Å². The summed E-state index contributed by atoms with van der Waals surface area (Å²) >= 11 is 3.33. The van der Waals surface area contributed by atoms with Crippen molar-refractivity contribution in [1.82, 2.24) is 5.43 Å². The molecule has 0 unspecified atom stereocenters. The van der Waals surface area contributed by atoms with Crippen LogP contribution in [0.25, 0.3) is 0 Å². The molecule has 0 saturated carbocycles. The molecular weight excluding hydrogens is 348 g/mol. The topological polar surface area (TPSA) is 59.9 Å². The Labute approximate surface area is 136 Å². The van der Waals surface area contributed by atoms with Gasteiger partial charge in [0.05, 0.1) is 11.8 Å². The molecule has 2 aromatic carbocycles. The van der Waals surface area contributed by atoms with Crippen LogP contribution < -0.4 is 14.9 Å². The van der Waals surface area contributed by atoms with Gasteiger partial charge in [0.15, 0.2) is 11.5 Å². The zero-order valence-electron chi connectivity index (χ0n) is 11.6. The Morgan fingerprint density at radius 3 is 2.73 bits per heavy atom. The van der Waals surface area contributed by atoms with Crippen molar-refractivity contribution in [3.05, 3.63) is 58.1 Å². The van der Waals surface area contributed by atoms with Crippen molar-refractivity contribution in [2.24, 2.45) is 5.10 Å². The second kappa shape index (κ2) is 6.62. The van der Waals surface area contributed by atoms with Crippen LogP contribution in [0.4, 0.5) is 0 Å². The quantitative estimate of drug-likeness (QED) is 0.676. The number of hydrogen-bond acceptors (Lipinski definition) is 4. The van der Waals surface area contributed by atoms with E-state index in [0.29, 0.717) is 24.5 Å². The van der Waals surface area contributed by atoms with Gasteiger partial charge in [-0.1, -0.05) is 12.1 Å². The van der Waals surface area contributed by atoms with Gasteiger partial charge in [-0.2, -0.15) is 5.10 Å². The molecular formula is C16H13BrN2O3. The minimum atomic E-state index is -0.277. The SMILES string of the molecule is O=C(N/N=C/c1ccc2c(c1)OCCO2)c1ccccc1Br. The lowest BCUT2D eigenvalue weighted by Gasteiger charge is -2.18. The van der Waals surface area contributed by atoms with E-state index in [1.807, 2.05) is 24.3 Å². The first-order valence-electron chi connectivity index (χ1n) is 6.71. The molecule has 0 aromatic heterocycles. The number of nitrogens with zero attached hydrogens (tertiary/aromatic N) is 1. The number of halogens is 1. The van der Waals surface area contributed by atoms with Crippen LogP contribution in [0.5, 0.6) is 11.5 Å². The number of carbonyl (C=O) groups excluding carboxylic acids is 1. The lowest BCUT2D eigenvalue weighted by atomic mass is 10.2. The third kappa shape index (κ3) is 3.28. The number of hydrogen-bond donors (Lipinski definition) is 1. The molecule has 3 rings (SSSR count). The highest BCUT2D eigenvalue weighted by molar-refractivity contribution is 9.10. The summed E-state index contributed by atoms with van der Waals surface area (Å²) in [6.45, 7) is 1.09. The van der Waals surface area contributed by atoms with Crippen LogP contribution in [0.3, 0.4) is 0 Å². The molecule has 0 atom stereocenters. The van der Waals surface area contributed by atoms with Gasteiger partial charge in [0.25, 0.3) is 5.91 Å². The third-order valence-electron chi connectivity index (χ3n) is 3.06. The Kier molecular flexibility index (Phi) is 4.39. The number of carbonyl (C=O) groups is 1. The van der Waals surface area contributed by atoms with E-state index in [0.717, 1.165) is 15.8 Å². The molecule has 1 aliphatic rings. The Hall–Kier alpha value is -2.34. The van der Waals surface area contributed by atoms with Crippen molar-refractivity contribution < 1.29 is 14.3 Å². The zero-order chi connectivity index (χ0) is 15.4. The summed E-state index contributed by atoms with van der Waals surface area (Å²) in [7, 11) is 0. The van der Waals surface area contributed by atoms with E-state index in [1.54, 1.807) is 24.4 Å². The number of fused-ring (bicyclic) bond motifs is 1.